The van der Waals surface area contributed by atoms with Gasteiger partial charge in [0.15, 0.2) is 0 Å². The highest BCUT2D eigenvalue weighted by molar-refractivity contribution is 5.94. The third-order valence-corrected chi connectivity index (χ3v) is 3.49. The van der Waals surface area contributed by atoms with Crippen molar-refractivity contribution in [1.82, 2.24) is 4.57 Å². The number of carboxylic acids is 1. The van der Waals surface area contributed by atoms with E-state index in [0.29, 0.717) is 5.56 Å². The van der Waals surface area contributed by atoms with E-state index in [1.165, 1.54) is 12.1 Å². The molecule has 6 heteroatoms. The van der Waals surface area contributed by atoms with Gasteiger partial charge in [0.25, 0.3) is 5.69 Å². The van der Waals surface area contributed by atoms with E-state index in [1.807, 2.05) is 24.3 Å². The first kappa shape index (κ1) is 13.8. The smallest absolute Gasteiger partial charge is 0.352 e. The van der Waals surface area contributed by atoms with Crippen LogP contribution in [-0.2, 0) is 6.54 Å². The molecule has 6 nitrogen and oxygen atoms in total. The molecule has 0 unspecified atom stereocenters. The number of carbonyl (C=O) groups is 1. The molecule has 1 N–H and O–H groups in total. The number of aromatic carboxylic acids is 1. The number of aromatic nitrogens is 1. The van der Waals surface area contributed by atoms with Gasteiger partial charge in [-0.3, -0.25) is 10.1 Å². The number of carboxylic acid groups (broad SMARTS) is 1. The van der Waals surface area contributed by atoms with Crippen molar-refractivity contribution >= 4 is 22.6 Å². The lowest BCUT2D eigenvalue weighted by Crippen LogP contribution is -2.09. The first-order chi connectivity index (χ1) is 10.6. The summed E-state index contributed by atoms with van der Waals surface area (Å²) in [5, 5.41) is 21.0. The third kappa shape index (κ3) is 2.42. The average Bonchev–Trinajstić information content (AvgIpc) is 2.87. The summed E-state index contributed by atoms with van der Waals surface area (Å²) in [6.45, 7) is 0.261. The minimum atomic E-state index is -1.03. The Labute approximate surface area is 125 Å². The van der Waals surface area contributed by atoms with Crippen LogP contribution in [0.1, 0.15) is 16.1 Å². The van der Waals surface area contributed by atoms with Crippen LogP contribution in [0, 0.1) is 10.1 Å². The van der Waals surface area contributed by atoms with Crippen molar-refractivity contribution < 1.29 is 14.8 Å². The number of benzene rings is 2. The monoisotopic (exact) mass is 296 g/mol. The molecule has 0 saturated heterocycles. The highest BCUT2D eigenvalue weighted by Gasteiger charge is 2.15. The summed E-state index contributed by atoms with van der Waals surface area (Å²) >= 11 is 0. The lowest BCUT2D eigenvalue weighted by atomic mass is 10.2. The van der Waals surface area contributed by atoms with Gasteiger partial charge in [0.05, 0.1) is 4.92 Å². The van der Waals surface area contributed by atoms with Crippen molar-refractivity contribution in [1.29, 1.82) is 0 Å². The fourth-order valence-electron chi connectivity index (χ4n) is 2.51. The number of nitrogens with zero attached hydrogens (tertiary/aromatic N) is 2. The van der Waals surface area contributed by atoms with Gasteiger partial charge in [-0.25, -0.2) is 4.79 Å². The molecule has 3 aromatic rings. The molecule has 0 aliphatic heterocycles. The zero-order chi connectivity index (χ0) is 15.7. The summed E-state index contributed by atoms with van der Waals surface area (Å²) in [5.74, 6) is -1.03. The Morgan fingerprint density at radius 1 is 1.14 bits per heavy atom. The number of para-hydroxylation sites is 1. The van der Waals surface area contributed by atoms with Crippen molar-refractivity contribution in [2.75, 3.05) is 0 Å². The molecule has 0 amide bonds. The van der Waals surface area contributed by atoms with Gasteiger partial charge in [0.2, 0.25) is 0 Å². The maximum Gasteiger partial charge on any atom is 0.352 e. The molecule has 0 saturated carbocycles. The van der Waals surface area contributed by atoms with E-state index in [1.54, 1.807) is 22.8 Å². The zero-order valence-corrected chi connectivity index (χ0v) is 11.5. The normalized spacial score (nSPS) is 10.7. The standard InChI is InChI=1S/C16H12N2O4/c19-16(20)15-9-12-5-1-2-7-14(12)17(15)10-11-4-3-6-13(8-11)18(21)22/h1-9H,10H2,(H,19,20). The SMILES string of the molecule is O=C(O)c1cc2ccccc2n1Cc1cccc([N+](=O)[O-])c1. The molecule has 0 bridgehead atoms. The molecule has 2 aromatic carbocycles. The van der Waals surface area contributed by atoms with Crippen LogP contribution in [0.15, 0.2) is 54.6 Å². The molecule has 0 aliphatic carbocycles. The summed E-state index contributed by atoms with van der Waals surface area (Å²) in [5.41, 5.74) is 1.61. The second kappa shape index (κ2) is 5.33. The minimum Gasteiger partial charge on any atom is -0.477 e. The maximum atomic E-state index is 11.4. The summed E-state index contributed by atoms with van der Waals surface area (Å²) in [6.07, 6.45) is 0. The molecule has 1 aromatic heterocycles. The van der Waals surface area contributed by atoms with Crippen molar-refractivity contribution in [3.63, 3.8) is 0 Å². The van der Waals surface area contributed by atoms with Crippen LogP contribution in [0.2, 0.25) is 0 Å². The summed E-state index contributed by atoms with van der Waals surface area (Å²) in [4.78, 5) is 21.8. The van der Waals surface area contributed by atoms with E-state index in [4.69, 9.17) is 0 Å². The Morgan fingerprint density at radius 2 is 1.91 bits per heavy atom. The highest BCUT2D eigenvalue weighted by Crippen LogP contribution is 2.22. The van der Waals surface area contributed by atoms with E-state index in [-0.39, 0.29) is 17.9 Å². The van der Waals surface area contributed by atoms with E-state index in [0.717, 1.165) is 10.9 Å². The van der Waals surface area contributed by atoms with Gasteiger partial charge in [-0.05, 0) is 17.7 Å². The van der Waals surface area contributed by atoms with Gasteiger partial charge in [-0.2, -0.15) is 0 Å². The third-order valence-electron chi connectivity index (χ3n) is 3.49. The Hall–Kier alpha value is -3.15. The number of nitro benzene ring substituents is 1. The number of hydrogen-bond donors (Lipinski definition) is 1. The number of rotatable bonds is 4. The first-order valence-corrected chi connectivity index (χ1v) is 6.61. The Kier molecular flexibility index (Phi) is 3.34. The van der Waals surface area contributed by atoms with Crippen molar-refractivity contribution in [2.24, 2.45) is 0 Å². The second-order valence-electron chi connectivity index (χ2n) is 4.91. The molecule has 0 aliphatic rings. The van der Waals surface area contributed by atoms with E-state index in [9.17, 15) is 20.0 Å². The highest BCUT2D eigenvalue weighted by atomic mass is 16.6. The summed E-state index contributed by atoms with van der Waals surface area (Å²) < 4.78 is 1.65. The van der Waals surface area contributed by atoms with Gasteiger partial charge < -0.3 is 9.67 Å². The van der Waals surface area contributed by atoms with Crippen LogP contribution < -0.4 is 0 Å². The van der Waals surface area contributed by atoms with Crippen molar-refractivity contribution in [3.8, 4) is 0 Å². The predicted molar refractivity (Wildman–Crippen MR) is 81.1 cm³/mol. The molecule has 110 valence electrons. The lowest BCUT2D eigenvalue weighted by Gasteiger charge is -2.08. The van der Waals surface area contributed by atoms with E-state index in [2.05, 4.69) is 0 Å². The minimum absolute atomic E-state index is 0.00848. The van der Waals surface area contributed by atoms with Crippen LogP contribution in [-0.4, -0.2) is 20.6 Å². The molecule has 0 atom stereocenters. The van der Waals surface area contributed by atoms with E-state index >= 15 is 0 Å². The Morgan fingerprint density at radius 3 is 2.64 bits per heavy atom. The van der Waals surface area contributed by atoms with Gasteiger partial charge >= 0.3 is 5.97 Å². The van der Waals surface area contributed by atoms with Crippen LogP contribution in [0.4, 0.5) is 5.69 Å². The second-order valence-corrected chi connectivity index (χ2v) is 4.91. The quantitative estimate of drug-likeness (QED) is 0.591. The fraction of sp³-hybridized carbons (Fsp3) is 0.0625. The van der Waals surface area contributed by atoms with Crippen LogP contribution >= 0.6 is 0 Å². The average molecular weight is 296 g/mol. The van der Waals surface area contributed by atoms with Crippen molar-refractivity contribution in [3.05, 3.63) is 76.0 Å². The molecule has 0 spiro atoms. The van der Waals surface area contributed by atoms with E-state index < -0.39 is 10.9 Å². The largest absolute Gasteiger partial charge is 0.477 e. The number of nitro groups is 1. The molecule has 0 radical (unpaired) electrons. The molecule has 3 rings (SSSR count). The van der Waals surface area contributed by atoms with Crippen molar-refractivity contribution in [2.45, 2.75) is 6.54 Å². The summed E-state index contributed by atoms with van der Waals surface area (Å²) in [7, 11) is 0. The summed E-state index contributed by atoms with van der Waals surface area (Å²) in [6, 6.07) is 15.2. The van der Waals surface area contributed by atoms with Crippen LogP contribution in [0.5, 0.6) is 0 Å². The van der Waals surface area contributed by atoms with Gasteiger partial charge in [0, 0.05) is 29.6 Å². The molecule has 1 heterocycles. The molecular formula is C16H12N2O4. The lowest BCUT2D eigenvalue weighted by molar-refractivity contribution is -0.384. The predicted octanol–water partition coefficient (Wildman–Crippen LogP) is 3.30. The topological polar surface area (TPSA) is 85.4 Å². The zero-order valence-electron chi connectivity index (χ0n) is 11.5. The first-order valence-electron chi connectivity index (χ1n) is 6.61. The Bertz CT molecular complexity index is 883. The van der Waals surface area contributed by atoms with Gasteiger partial charge in [-0.15, -0.1) is 0 Å². The Balaban J connectivity index is 2.10. The fourth-order valence-corrected chi connectivity index (χ4v) is 2.51. The number of fused-ring (bicyclic) bond motifs is 1. The van der Waals surface area contributed by atoms with Crippen LogP contribution in [0.25, 0.3) is 10.9 Å². The van der Waals surface area contributed by atoms with Crippen LogP contribution in [0.3, 0.4) is 0 Å². The molecule has 22 heavy (non-hydrogen) atoms. The number of non-ortho nitro benzene ring substituents is 1. The van der Waals surface area contributed by atoms with Gasteiger partial charge in [-0.1, -0.05) is 30.3 Å². The molecular weight excluding hydrogens is 284 g/mol. The maximum absolute atomic E-state index is 11.4. The van der Waals surface area contributed by atoms with Gasteiger partial charge in [0.1, 0.15) is 5.69 Å². The number of hydrogen-bond acceptors (Lipinski definition) is 3. The molecule has 0 fully saturated rings.